The smallest absolute Gasteiger partial charge is 0.300 e. The fourth-order valence-corrected chi connectivity index (χ4v) is 2.84. The van der Waals surface area contributed by atoms with Crippen LogP contribution in [0.3, 0.4) is 0 Å². The van der Waals surface area contributed by atoms with Crippen molar-refractivity contribution in [1.82, 2.24) is 5.32 Å². The summed E-state index contributed by atoms with van der Waals surface area (Å²) in [5.74, 6) is -0.347. The summed E-state index contributed by atoms with van der Waals surface area (Å²) in [7, 11) is 0. The molecule has 4 heteroatoms. The molecule has 2 unspecified atom stereocenters. The van der Waals surface area contributed by atoms with Gasteiger partial charge in [-0.1, -0.05) is 45.0 Å². The lowest BCUT2D eigenvalue weighted by Gasteiger charge is -2.29. The highest BCUT2D eigenvalue weighted by Gasteiger charge is 2.21. The van der Waals surface area contributed by atoms with Crippen molar-refractivity contribution < 1.29 is 15.0 Å². The molecule has 1 aliphatic heterocycles. The second-order valence-corrected chi connectivity index (χ2v) is 7.39. The third-order valence-corrected chi connectivity index (χ3v) is 4.16. The molecule has 4 nitrogen and oxygen atoms in total. The summed E-state index contributed by atoms with van der Waals surface area (Å²) in [6, 6.07) is 9.53. The number of hydrogen-bond donors (Lipinski definition) is 3. The summed E-state index contributed by atoms with van der Waals surface area (Å²) in [5, 5.41) is 20.3. The van der Waals surface area contributed by atoms with E-state index in [0.717, 1.165) is 32.7 Å². The molecule has 1 aliphatic rings. The molecule has 23 heavy (non-hydrogen) atoms. The minimum absolute atomic E-state index is 0.226. The van der Waals surface area contributed by atoms with Crippen molar-refractivity contribution in [3.05, 3.63) is 35.4 Å². The molecule has 1 fully saturated rings. The topological polar surface area (TPSA) is 69.6 Å². The molecule has 1 heterocycles. The summed E-state index contributed by atoms with van der Waals surface area (Å²) in [6.07, 6.45) is 3.27. The molecule has 1 saturated heterocycles. The van der Waals surface area contributed by atoms with Crippen LogP contribution in [0.25, 0.3) is 0 Å². The van der Waals surface area contributed by atoms with Crippen LogP contribution in [0.2, 0.25) is 0 Å². The third kappa shape index (κ3) is 7.62. The van der Waals surface area contributed by atoms with E-state index in [9.17, 15) is 5.11 Å². The van der Waals surface area contributed by atoms with E-state index in [4.69, 9.17) is 9.90 Å². The lowest BCUT2D eigenvalue weighted by Crippen LogP contribution is -2.40. The molecule has 0 spiro atoms. The zero-order valence-corrected chi connectivity index (χ0v) is 14.8. The molecule has 1 aromatic rings. The number of carbonyl (C=O) groups is 1. The van der Waals surface area contributed by atoms with Crippen molar-refractivity contribution in [3.8, 4) is 0 Å². The quantitative estimate of drug-likeness (QED) is 0.800. The van der Waals surface area contributed by atoms with Crippen LogP contribution >= 0.6 is 0 Å². The SMILES string of the molecule is CC(=O)O.CC(C)(C)c1ccc(CC2CC(CO)CCN2)cc1. The normalized spacial score (nSPS) is 21.3. The number of benzene rings is 1. The van der Waals surface area contributed by atoms with Gasteiger partial charge in [0.25, 0.3) is 5.97 Å². The lowest BCUT2D eigenvalue weighted by atomic mass is 9.85. The Kier molecular flexibility index (Phi) is 7.73. The number of nitrogens with one attached hydrogen (secondary N) is 1. The number of aliphatic hydroxyl groups is 1. The minimum atomic E-state index is -0.833. The highest BCUT2D eigenvalue weighted by Crippen LogP contribution is 2.23. The number of aliphatic hydroxyl groups excluding tert-OH is 1. The lowest BCUT2D eigenvalue weighted by molar-refractivity contribution is -0.134. The van der Waals surface area contributed by atoms with E-state index in [1.165, 1.54) is 11.1 Å². The van der Waals surface area contributed by atoms with Crippen LogP contribution in [0.4, 0.5) is 0 Å². The molecule has 3 N–H and O–H groups in total. The molecule has 0 aromatic heterocycles. The first-order valence-corrected chi connectivity index (χ1v) is 8.35. The molecule has 0 saturated carbocycles. The number of hydrogen-bond acceptors (Lipinski definition) is 3. The summed E-state index contributed by atoms with van der Waals surface area (Å²) in [6.45, 7) is 9.20. The van der Waals surface area contributed by atoms with E-state index in [1.807, 2.05) is 0 Å². The standard InChI is InChI=1S/C17H27NO.C2H4O2/c1-17(2,3)15-6-4-13(5-7-15)10-16-11-14(12-19)8-9-18-16;1-2(3)4/h4-7,14,16,18-19H,8-12H2,1-3H3;1H3,(H,3,4). The summed E-state index contributed by atoms with van der Waals surface area (Å²) in [4.78, 5) is 9.00. The van der Waals surface area contributed by atoms with Gasteiger partial charge in [-0.25, -0.2) is 0 Å². The highest BCUT2D eigenvalue weighted by atomic mass is 16.4. The van der Waals surface area contributed by atoms with Gasteiger partial charge in [-0.15, -0.1) is 0 Å². The number of aliphatic carboxylic acids is 1. The van der Waals surface area contributed by atoms with Crippen LogP contribution in [0.1, 0.15) is 51.7 Å². The van der Waals surface area contributed by atoms with Gasteiger partial charge in [-0.05, 0) is 48.3 Å². The summed E-state index contributed by atoms with van der Waals surface area (Å²) in [5.41, 5.74) is 3.01. The Bertz CT molecular complexity index is 472. The maximum absolute atomic E-state index is 9.27. The van der Waals surface area contributed by atoms with E-state index >= 15 is 0 Å². The van der Waals surface area contributed by atoms with Crippen LogP contribution in [0, 0.1) is 5.92 Å². The Morgan fingerprint density at radius 3 is 2.30 bits per heavy atom. The van der Waals surface area contributed by atoms with Gasteiger partial charge in [0, 0.05) is 19.6 Å². The van der Waals surface area contributed by atoms with E-state index in [0.29, 0.717) is 18.6 Å². The predicted octanol–water partition coefficient (Wildman–Crippen LogP) is 2.98. The van der Waals surface area contributed by atoms with Crippen LogP contribution in [-0.4, -0.2) is 35.4 Å². The monoisotopic (exact) mass is 321 g/mol. The average molecular weight is 321 g/mol. The number of carboxylic acids is 1. The van der Waals surface area contributed by atoms with E-state index in [-0.39, 0.29) is 5.41 Å². The van der Waals surface area contributed by atoms with E-state index in [2.05, 4.69) is 50.4 Å². The van der Waals surface area contributed by atoms with Crippen LogP contribution in [0.15, 0.2) is 24.3 Å². The van der Waals surface area contributed by atoms with Crippen molar-refractivity contribution in [3.63, 3.8) is 0 Å². The van der Waals surface area contributed by atoms with Gasteiger partial charge in [0.1, 0.15) is 0 Å². The predicted molar refractivity (Wildman–Crippen MR) is 93.8 cm³/mol. The second kappa shape index (κ2) is 9.04. The van der Waals surface area contributed by atoms with E-state index < -0.39 is 5.97 Å². The Balaban J connectivity index is 0.000000593. The Morgan fingerprint density at radius 1 is 1.26 bits per heavy atom. The minimum Gasteiger partial charge on any atom is -0.481 e. The van der Waals surface area contributed by atoms with Gasteiger partial charge in [-0.2, -0.15) is 0 Å². The Hall–Kier alpha value is -1.39. The largest absolute Gasteiger partial charge is 0.481 e. The first-order valence-electron chi connectivity index (χ1n) is 8.35. The fraction of sp³-hybridized carbons (Fsp3) is 0.632. The van der Waals surface area contributed by atoms with Crippen molar-refractivity contribution in [2.75, 3.05) is 13.2 Å². The first-order chi connectivity index (χ1) is 10.7. The highest BCUT2D eigenvalue weighted by molar-refractivity contribution is 5.62. The number of piperidine rings is 1. The van der Waals surface area contributed by atoms with Crippen molar-refractivity contribution in [2.24, 2.45) is 5.92 Å². The Morgan fingerprint density at radius 2 is 1.83 bits per heavy atom. The maximum atomic E-state index is 9.27. The number of rotatable bonds is 3. The van der Waals surface area contributed by atoms with Crippen LogP contribution in [-0.2, 0) is 16.6 Å². The van der Waals surface area contributed by atoms with Crippen molar-refractivity contribution in [2.45, 2.75) is 58.4 Å². The molecular weight excluding hydrogens is 290 g/mol. The maximum Gasteiger partial charge on any atom is 0.300 e. The average Bonchev–Trinajstić information content (AvgIpc) is 2.46. The fourth-order valence-electron chi connectivity index (χ4n) is 2.84. The molecular formula is C19H31NO3. The molecule has 2 rings (SSSR count). The van der Waals surface area contributed by atoms with Crippen LogP contribution < -0.4 is 5.32 Å². The van der Waals surface area contributed by atoms with Gasteiger partial charge in [-0.3, -0.25) is 4.79 Å². The molecule has 0 radical (unpaired) electrons. The summed E-state index contributed by atoms with van der Waals surface area (Å²) >= 11 is 0. The third-order valence-electron chi connectivity index (χ3n) is 4.16. The van der Waals surface area contributed by atoms with Crippen molar-refractivity contribution in [1.29, 1.82) is 0 Å². The molecule has 130 valence electrons. The molecule has 2 atom stereocenters. The van der Waals surface area contributed by atoms with Gasteiger partial charge >= 0.3 is 0 Å². The van der Waals surface area contributed by atoms with Gasteiger partial charge in [0.05, 0.1) is 0 Å². The van der Waals surface area contributed by atoms with Crippen LogP contribution in [0.5, 0.6) is 0 Å². The molecule has 0 amide bonds. The zero-order chi connectivity index (χ0) is 17.5. The zero-order valence-electron chi connectivity index (χ0n) is 14.8. The Labute approximate surface area is 139 Å². The first kappa shape index (κ1) is 19.7. The van der Waals surface area contributed by atoms with Crippen molar-refractivity contribution >= 4 is 5.97 Å². The van der Waals surface area contributed by atoms with Gasteiger partial charge in [0.2, 0.25) is 0 Å². The summed E-state index contributed by atoms with van der Waals surface area (Å²) < 4.78 is 0. The number of carboxylic acid groups (broad SMARTS) is 1. The van der Waals surface area contributed by atoms with Gasteiger partial charge < -0.3 is 15.5 Å². The molecule has 1 aromatic carbocycles. The van der Waals surface area contributed by atoms with E-state index in [1.54, 1.807) is 0 Å². The molecule has 0 aliphatic carbocycles. The second-order valence-electron chi connectivity index (χ2n) is 7.39. The molecule has 0 bridgehead atoms. The van der Waals surface area contributed by atoms with Gasteiger partial charge in [0.15, 0.2) is 0 Å².